The first-order valence-corrected chi connectivity index (χ1v) is 7.62. The molecule has 4 nitrogen and oxygen atoms in total. The van der Waals surface area contributed by atoms with Crippen LogP contribution in [0.3, 0.4) is 0 Å². The number of likely N-dealkylation sites (N-methyl/N-ethyl adjacent to an activating group) is 1. The first-order valence-electron chi connectivity index (χ1n) is 6.68. The second-order valence-electron chi connectivity index (χ2n) is 5.01. The normalized spacial score (nSPS) is 13.4. The zero-order valence-corrected chi connectivity index (χ0v) is 13.2. The number of hydrogen-bond acceptors (Lipinski definition) is 3. The Labute approximate surface area is 132 Å². The van der Waals surface area contributed by atoms with Gasteiger partial charge in [0, 0.05) is 6.07 Å². The number of guanidine groups is 1. The molecule has 22 heavy (non-hydrogen) atoms. The second-order valence-corrected chi connectivity index (χ2v) is 5.79. The summed E-state index contributed by atoms with van der Waals surface area (Å²) in [4.78, 5) is 6.25. The molecule has 0 aliphatic heterocycles. The van der Waals surface area contributed by atoms with Crippen LogP contribution in [-0.2, 0) is 0 Å². The summed E-state index contributed by atoms with van der Waals surface area (Å²) in [5.41, 5.74) is 6.87. The Morgan fingerprint density at radius 2 is 2.14 bits per heavy atom. The van der Waals surface area contributed by atoms with Gasteiger partial charge in [-0.25, -0.2) is 8.78 Å². The molecule has 118 valence electrons. The molecule has 7 heteroatoms. The van der Waals surface area contributed by atoms with Gasteiger partial charge in [0.15, 0.2) is 5.96 Å². The second kappa shape index (κ2) is 7.33. The van der Waals surface area contributed by atoms with Crippen molar-refractivity contribution in [1.29, 1.82) is 0 Å². The summed E-state index contributed by atoms with van der Waals surface area (Å²) in [6.07, 6.45) is 0. The number of anilines is 1. The lowest BCUT2D eigenvalue weighted by atomic mass is 10.1. The number of nitrogens with one attached hydrogen (secondary N) is 1. The van der Waals surface area contributed by atoms with E-state index >= 15 is 0 Å². The SMILES string of the molecule is CN(C)C(CN=C(N)Nc1cc(F)ccc1F)c1ccsc1. The summed E-state index contributed by atoms with van der Waals surface area (Å²) < 4.78 is 26.6. The molecule has 2 rings (SSSR count). The molecule has 0 fully saturated rings. The van der Waals surface area contributed by atoms with Gasteiger partial charge in [0.2, 0.25) is 0 Å². The van der Waals surface area contributed by atoms with E-state index in [0.29, 0.717) is 6.54 Å². The molecule has 3 N–H and O–H groups in total. The molecule has 0 amide bonds. The van der Waals surface area contributed by atoms with Crippen molar-refractivity contribution in [2.45, 2.75) is 6.04 Å². The number of halogens is 2. The van der Waals surface area contributed by atoms with E-state index in [-0.39, 0.29) is 17.7 Å². The first kappa shape index (κ1) is 16.4. The van der Waals surface area contributed by atoms with Crippen LogP contribution in [0.25, 0.3) is 0 Å². The standard InChI is InChI=1S/C15H18F2N4S/c1-21(2)14(10-5-6-22-9-10)8-19-15(18)20-13-7-11(16)3-4-12(13)17/h3-7,9,14H,8H2,1-2H3,(H3,18,19,20). The largest absolute Gasteiger partial charge is 0.370 e. The highest BCUT2D eigenvalue weighted by Crippen LogP contribution is 2.21. The van der Waals surface area contributed by atoms with Gasteiger partial charge in [0.1, 0.15) is 11.6 Å². The molecule has 0 aliphatic carbocycles. The van der Waals surface area contributed by atoms with Crippen molar-refractivity contribution in [2.75, 3.05) is 26.0 Å². The third kappa shape index (κ3) is 4.25. The van der Waals surface area contributed by atoms with Gasteiger partial charge in [-0.1, -0.05) is 0 Å². The molecular weight excluding hydrogens is 306 g/mol. The Kier molecular flexibility index (Phi) is 5.46. The lowest BCUT2D eigenvalue weighted by molar-refractivity contribution is 0.307. The van der Waals surface area contributed by atoms with Crippen LogP contribution < -0.4 is 11.1 Å². The highest BCUT2D eigenvalue weighted by Gasteiger charge is 2.14. The average Bonchev–Trinajstić information content (AvgIpc) is 2.96. The van der Waals surface area contributed by atoms with Crippen molar-refractivity contribution in [1.82, 2.24) is 4.90 Å². The smallest absolute Gasteiger partial charge is 0.193 e. The van der Waals surface area contributed by atoms with E-state index in [1.165, 1.54) is 0 Å². The van der Waals surface area contributed by atoms with Crippen LogP contribution >= 0.6 is 11.3 Å². The highest BCUT2D eigenvalue weighted by atomic mass is 32.1. The van der Waals surface area contributed by atoms with Crippen LogP contribution in [0.1, 0.15) is 11.6 Å². The Balaban J connectivity index is 2.06. The molecule has 1 unspecified atom stereocenters. The van der Waals surface area contributed by atoms with Gasteiger partial charge in [0.05, 0.1) is 18.3 Å². The van der Waals surface area contributed by atoms with Crippen LogP contribution in [0.2, 0.25) is 0 Å². The van der Waals surface area contributed by atoms with Crippen molar-refractivity contribution in [3.63, 3.8) is 0 Å². The zero-order chi connectivity index (χ0) is 16.1. The third-order valence-corrected chi connectivity index (χ3v) is 3.88. The maximum Gasteiger partial charge on any atom is 0.193 e. The molecule has 0 aliphatic rings. The van der Waals surface area contributed by atoms with Crippen molar-refractivity contribution in [3.8, 4) is 0 Å². The van der Waals surface area contributed by atoms with Crippen molar-refractivity contribution in [2.24, 2.45) is 10.7 Å². The van der Waals surface area contributed by atoms with E-state index in [1.807, 2.05) is 30.4 Å². The minimum atomic E-state index is -0.582. The van der Waals surface area contributed by atoms with Gasteiger partial charge in [-0.15, -0.1) is 0 Å². The van der Waals surface area contributed by atoms with Gasteiger partial charge < -0.3 is 16.0 Å². The van der Waals surface area contributed by atoms with E-state index in [1.54, 1.807) is 11.3 Å². The Morgan fingerprint density at radius 3 is 2.77 bits per heavy atom. The molecule has 0 bridgehead atoms. The molecule has 2 aromatic rings. The summed E-state index contributed by atoms with van der Waals surface area (Å²) in [6, 6.07) is 5.23. The maximum atomic E-state index is 13.5. The predicted octanol–water partition coefficient (Wildman–Crippen LogP) is 3.06. The zero-order valence-electron chi connectivity index (χ0n) is 12.4. The fourth-order valence-corrected chi connectivity index (χ4v) is 2.69. The Morgan fingerprint density at radius 1 is 1.36 bits per heavy atom. The van der Waals surface area contributed by atoms with Gasteiger partial charge in [-0.3, -0.25) is 4.99 Å². The molecule has 0 saturated carbocycles. The van der Waals surface area contributed by atoms with Crippen molar-refractivity contribution in [3.05, 3.63) is 52.2 Å². The Bertz CT molecular complexity index is 641. The monoisotopic (exact) mass is 324 g/mol. The van der Waals surface area contributed by atoms with Crippen LogP contribution in [0.5, 0.6) is 0 Å². The highest BCUT2D eigenvalue weighted by molar-refractivity contribution is 7.07. The van der Waals surface area contributed by atoms with Gasteiger partial charge in [-0.2, -0.15) is 11.3 Å². The number of benzene rings is 1. The summed E-state index contributed by atoms with van der Waals surface area (Å²) in [5, 5.41) is 6.64. The minimum absolute atomic E-state index is 0.0295. The maximum absolute atomic E-state index is 13.5. The van der Waals surface area contributed by atoms with Gasteiger partial charge in [-0.05, 0) is 48.6 Å². The van der Waals surface area contributed by atoms with E-state index < -0.39 is 11.6 Å². The molecular formula is C15H18F2N4S. The Hall–Kier alpha value is -1.99. The van der Waals surface area contributed by atoms with E-state index in [0.717, 1.165) is 23.8 Å². The molecule has 1 aromatic heterocycles. The summed E-state index contributed by atoms with van der Waals surface area (Å²) >= 11 is 1.61. The van der Waals surface area contributed by atoms with Crippen LogP contribution in [0, 0.1) is 11.6 Å². The molecule has 0 spiro atoms. The van der Waals surface area contributed by atoms with Gasteiger partial charge >= 0.3 is 0 Å². The summed E-state index contributed by atoms with van der Waals surface area (Å²) in [6.45, 7) is 0.416. The topological polar surface area (TPSA) is 53.6 Å². The van der Waals surface area contributed by atoms with Gasteiger partial charge in [0.25, 0.3) is 0 Å². The van der Waals surface area contributed by atoms with E-state index in [9.17, 15) is 8.78 Å². The summed E-state index contributed by atoms with van der Waals surface area (Å²) in [5.74, 6) is -1.07. The predicted molar refractivity (Wildman–Crippen MR) is 87.2 cm³/mol. The number of thiophene rings is 1. The molecule has 0 radical (unpaired) electrons. The summed E-state index contributed by atoms with van der Waals surface area (Å²) in [7, 11) is 3.90. The molecule has 1 aromatic carbocycles. The molecule has 0 saturated heterocycles. The molecule has 1 heterocycles. The number of nitrogens with two attached hydrogens (primary N) is 1. The molecule has 1 atom stereocenters. The lowest BCUT2D eigenvalue weighted by Gasteiger charge is -2.22. The number of aliphatic imine (C=N–C) groups is 1. The van der Waals surface area contributed by atoms with E-state index in [4.69, 9.17) is 5.73 Å². The van der Waals surface area contributed by atoms with Crippen molar-refractivity contribution >= 4 is 23.0 Å². The fraction of sp³-hybridized carbons (Fsp3) is 0.267. The van der Waals surface area contributed by atoms with Crippen LogP contribution in [0.15, 0.2) is 40.0 Å². The number of hydrogen-bond donors (Lipinski definition) is 2. The van der Waals surface area contributed by atoms with Crippen LogP contribution in [-0.4, -0.2) is 31.5 Å². The third-order valence-electron chi connectivity index (χ3n) is 3.18. The number of nitrogens with zero attached hydrogens (tertiary/aromatic N) is 2. The number of rotatable bonds is 5. The van der Waals surface area contributed by atoms with E-state index in [2.05, 4.69) is 15.7 Å². The first-order chi connectivity index (χ1) is 10.5. The lowest BCUT2D eigenvalue weighted by Crippen LogP contribution is -2.27. The average molecular weight is 324 g/mol. The van der Waals surface area contributed by atoms with Crippen LogP contribution in [0.4, 0.5) is 14.5 Å². The quantitative estimate of drug-likeness (QED) is 0.656. The minimum Gasteiger partial charge on any atom is -0.370 e. The van der Waals surface area contributed by atoms with Crippen molar-refractivity contribution < 1.29 is 8.78 Å². The fourth-order valence-electron chi connectivity index (χ4n) is 1.99.